The zero-order chi connectivity index (χ0) is 16.8. The van der Waals surface area contributed by atoms with Crippen molar-refractivity contribution in [3.63, 3.8) is 0 Å². The van der Waals surface area contributed by atoms with Gasteiger partial charge in [-0.3, -0.25) is 9.48 Å². The summed E-state index contributed by atoms with van der Waals surface area (Å²) in [5, 5.41) is 8.53. The van der Waals surface area contributed by atoms with E-state index in [-0.39, 0.29) is 5.91 Å². The van der Waals surface area contributed by atoms with Crippen LogP contribution in [-0.4, -0.2) is 22.2 Å². The standard InChI is InChI=1S/C16H16Cl3N3O/c1-11-15(18)16(19)22(21-11)10-4-9-20-14(23)8-7-12-5-2-3-6-13(12)17/h2-3,5-8H,4,9-10H2,1H3,(H,20,23)/b8-7+. The first-order chi connectivity index (χ1) is 11.0. The van der Waals surface area contributed by atoms with E-state index < -0.39 is 0 Å². The maximum absolute atomic E-state index is 11.8. The second kappa shape index (κ2) is 8.39. The van der Waals surface area contributed by atoms with Crippen molar-refractivity contribution in [1.82, 2.24) is 15.1 Å². The lowest BCUT2D eigenvalue weighted by Gasteiger charge is -2.04. The third-order valence-electron chi connectivity index (χ3n) is 3.16. The molecule has 1 heterocycles. The van der Waals surface area contributed by atoms with Gasteiger partial charge >= 0.3 is 0 Å². The van der Waals surface area contributed by atoms with Crippen LogP contribution >= 0.6 is 34.8 Å². The Hall–Kier alpha value is -1.49. The van der Waals surface area contributed by atoms with E-state index >= 15 is 0 Å². The van der Waals surface area contributed by atoms with Gasteiger partial charge < -0.3 is 5.32 Å². The fourth-order valence-electron chi connectivity index (χ4n) is 1.95. The quantitative estimate of drug-likeness (QED) is 0.604. The fourth-order valence-corrected chi connectivity index (χ4v) is 2.55. The van der Waals surface area contributed by atoms with Gasteiger partial charge in [-0.1, -0.05) is 53.0 Å². The van der Waals surface area contributed by atoms with E-state index in [4.69, 9.17) is 34.8 Å². The van der Waals surface area contributed by atoms with Gasteiger partial charge in [0.05, 0.1) is 5.69 Å². The molecule has 7 heteroatoms. The Balaban J connectivity index is 1.77. The number of rotatable bonds is 6. The number of aromatic nitrogens is 2. The van der Waals surface area contributed by atoms with Crippen molar-refractivity contribution in [2.24, 2.45) is 0 Å². The van der Waals surface area contributed by atoms with Crippen LogP contribution in [0.3, 0.4) is 0 Å². The van der Waals surface area contributed by atoms with Crippen LogP contribution in [0.25, 0.3) is 6.08 Å². The third kappa shape index (κ3) is 4.99. The van der Waals surface area contributed by atoms with Gasteiger partial charge in [-0.25, -0.2) is 0 Å². The van der Waals surface area contributed by atoms with Crippen LogP contribution < -0.4 is 5.32 Å². The maximum atomic E-state index is 11.8. The number of nitrogens with one attached hydrogen (secondary N) is 1. The number of benzene rings is 1. The van der Waals surface area contributed by atoms with Crippen LogP contribution in [0.1, 0.15) is 17.7 Å². The topological polar surface area (TPSA) is 46.9 Å². The van der Waals surface area contributed by atoms with Crippen LogP contribution in [0.5, 0.6) is 0 Å². The number of nitrogens with zero attached hydrogens (tertiary/aromatic N) is 2. The Kier molecular flexibility index (Phi) is 6.51. The number of hydrogen-bond acceptors (Lipinski definition) is 2. The molecule has 0 radical (unpaired) electrons. The van der Waals surface area contributed by atoms with Gasteiger partial charge in [-0.2, -0.15) is 5.10 Å². The first kappa shape index (κ1) is 17.9. The summed E-state index contributed by atoms with van der Waals surface area (Å²) in [5.74, 6) is -0.175. The number of carbonyl (C=O) groups is 1. The molecule has 1 amide bonds. The van der Waals surface area contributed by atoms with E-state index in [2.05, 4.69) is 10.4 Å². The molecule has 1 aromatic carbocycles. The molecule has 2 aromatic rings. The van der Waals surface area contributed by atoms with Crippen LogP contribution in [0, 0.1) is 6.92 Å². The van der Waals surface area contributed by atoms with Crippen LogP contribution in [0.15, 0.2) is 30.3 Å². The lowest BCUT2D eigenvalue weighted by Crippen LogP contribution is -2.23. The number of halogens is 3. The fraction of sp³-hybridized carbons (Fsp3) is 0.250. The molecule has 23 heavy (non-hydrogen) atoms. The molecule has 2 rings (SSSR count). The molecule has 4 nitrogen and oxygen atoms in total. The predicted octanol–water partition coefficient (Wildman–Crippen LogP) is 4.37. The number of amides is 1. The minimum absolute atomic E-state index is 0.175. The van der Waals surface area contributed by atoms with Crippen LogP contribution in [0.2, 0.25) is 15.2 Å². The SMILES string of the molecule is Cc1nn(CCCNC(=O)/C=C/c2ccccc2Cl)c(Cl)c1Cl. The minimum Gasteiger partial charge on any atom is -0.352 e. The molecule has 0 saturated carbocycles. The first-order valence-corrected chi connectivity index (χ1v) is 8.21. The Bertz CT molecular complexity index is 725. The van der Waals surface area contributed by atoms with Crippen molar-refractivity contribution in [2.45, 2.75) is 19.9 Å². The van der Waals surface area contributed by atoms with Gasteiger partial charge in [0.1, 0.15) is 10.2 Å². The molecular formula is C16H16Cl3N3O. The first-order valence-electron chi connectivity index (χ1n) is 7.08. The Morgan fingerprint density at radius 1 is 1.30 bits per heavy atom. The van der Waals surface area contributed by atoms with Crippen molar-refractivity contribution >= 4 is 46.8 Å². The highest BCUT2D eigenvalue weighted by Crippen LogP contribution is 2.24. The summed E-state index contributed by atoms with van der Waals surface area (Å²) >= 11 is 18.0. The molecule has 0 aliphatic carbocycles. The summed E-state index contributed by atoms with van der Waals surface area (Å²) in [4.78, 5) is 11.8. The molecule has 0 unspecified atom stereocenters. The van der Waals surface area contributed by atoms with E-state index in [9.17, 15) is 4.79 Å². The molecule has 0 aliphatic heterocycles. The van der Waals surface area contributed by atoms with E-state index in [0.29, 0.717) is 40.4 Å². The van der Waals surface area contributed by atoms with Gasteiger partial charge in [0.25, 0.3) is 0 Å². The smallest absolute Gasteiger partial charge is 0.244 e. The molecule has 1 N–H and O–H groups in total. The maximum Gasteiger partial charge on any atom is 0.244 e. The van der Waals surface area contributed by atoms with E-state index in [1.54, 1.807) is 23.7 Å². The Morgan fingerprint density at radius 2 is 2.04 bits per heavy atom. The Morgan fingerprint density at radius 3 is 2.70 bits per heavy atom. The van der Waals surface area contributed by atoms with Crippen molar-refractivity contribution in [3.8, 4) is 0 Å². The number of hydrogen-bond donors (Lipinski definition) is 1. The summed E-state index contributed by atoms with van der Waals surface area (Å²) in [6.07, 6.45) is 3.84. The lowest BCUT2D eigenvalue weighted by molar-refractivity contribution is -0.116. The predicted molar refractivity (Wildman–Crippen MR) is 95.1 cm³/mol. The average Bonchev–Trinajstić information content (AvgIpc) is 2.78. The van der Waals surface area contributed by atoms with Crippen molar-refractivity contribution in [1.29, 1.82) is 0 Å². The molecule has 0 fully saturated rings. The van der Waals surface area contributed by atoms with Gasteiger partial charge in [-0.15, -0.1) is 0 Å². The second-order valence-corrected chi connectivity index (χ2v) is 6.06. The lowest BCUT2D eigenvalue weighted by atomic mass is 10.2. The molecule has 1 aromatic heterocycles. The zero-order valence-electron chi connectivity index (χ0n) is 12.5. The zero-order valence-corrected chi connectivity index (χ0v) is 14.8. The minimum atomic E-state index is -0.175. The summed E-state index contributed by atoms with van der Waals surface area (Å²) in [5.41, 5.74) is 1.50. The van der Waals surface area contributed by atoms with Crippen molar-refractivity contribution in [3.05, 3.63) is 56.8 Å². The van der Waals surface area contributed by atoms with Crippen molar-refractivity contribution < 1.29 is 4.79 Å². The highest BCUT2D eigenvalue weighted by Gasteiger charge is 2.10. The van der Waals surface area contributed by atoms with Gasteiger partial charge in [0.15, 0.2) is 0 Å². The summed E-state index contributed by atoms with van der Waals surface area (Å²) in [6, 6.07) is 7.33. The normalized spacial score (nSPS) is 11.1. The molecular weight excluding hydrogens is 357 g/mol. The summed E-state index contributed by atoms with van der Waals surface area (Å²) in [7, 11) is 0. The highest BCUT2D eigenvalue weighted by atomic mass is 35.5. The second-order valence-electron chi connectivity index (χ2n) is 4.91. The van der Waals surface area contributed by atoms with E-state index in [1.807, 2.05) is 18.2 Å². The van der Waals surface area contributed by atoms with Crippen molar-refractivity contribution in [2.75, 3.05) is 6.54 Å². The van der Waals surface area contributed by atoms with Gasteiger partial charge in [0.2, 0.25) is 5.91 Å². The Labute approximate surface area is 150 Å². The molecule has 0 spiro atoms. The van der Waals surface area contributed by atoms with E-state index in [0.717, 1.165) is 5.56 Å². The summed E-state index contributed by atoms with van der Waals surface area (Å²) < 4.78 is 1.63. The molecule has 0 atom stereocenters. The van der Waals surface area contributed by atoms with Gasteiger partial charge in [-0.05, 0) is 31.1 Å². The monoisotopic (exact) mass is 371 g/mol. The van der Waals surface area contributed by atoms with Crippen LogP contribution in [-0.2, 0) is 11.3 Å². The van der Waals surface area contributed by atoms with Crippen LogP contribution in [0.4, 0.5) is 0 Å². The van der Waals surface area contributed by atoms with Gasteiger partial charge in [0, 0.05) is 24.2 Å². The third-order valence-corrected chi connectivity index (χ3v) is 4.44. The molecule has 0 aliphatic rings. The average molecular weight is 373 g/mol. The molecule has 0 bridgehead atoms. The van der Waals surface area contributed by atoms with E-state index in [1.165, 1.54) is 6.08 Å². The largest absolute Gasteiger partial charge is 0.352 e. The highest BCUT2D eigenvalue weighted by molar-refractivity contribution is 6.41. The molecule has 0 saturated heterocycles. The number of aryl methyl sites for hydroxylation is 2. The number of carbonyl (C=O) groups excluding carboxylic acids is 1. The summed E-state index contributed by atoms with van der Waals surface area (Å²) in [6.45, 7) is 2.89. The molecule has 122 valence electrons.